The molecular formula is C11H18N4O4S. The molecule has 20 heavy (non-hydrogen) atoms. The van der Waals surface area contributed by atoms with Crippen LogP contribution in [0.4, 0.5) is 0 Å². The van der Waals surface area contributed by atoms with Crippen LogP contribution in [0.5, 0.6) is 0 Å². The number of amides is 1. The second-order valence-electron chi connectivity index (χ2n) is 4.86. The minimum Gasteiger partial charge on any atom is -0.343 e. The molecule has 0 unspecified atom stereocenters. The number of aromatic nitrogens is 2. The number of hydrogen-bond acceptors (Lipinski definition) is 6. The van der Waals surface area contributed by atoms with Crippen LogP contribution >= 0.6 is 0 Å². The maximum absolute atomic E-state index is 11.9. The summed E-state index contributed by atoms with van der Waals surface area (Å²) in [6, 6.07) is 0. The Morgan fingerprint density at radius 2 is 2.20 bits per heavy atom. The van der Waals surface area contributed by atoms with Gasteiger partial charge >= 0.3 is 0 Å². The van der Waals surface area contributed by atoms with Crippen molar-refractivity contribution in [1.29, 1.82) is 0 Å². The predicted octanol–water partition coefficient (Wildman–Crippen LogP) is -0.285. The standard InChI is InChI=1S/C11H18N4O4S/c1-20(17,18)13-5-2-10(16)15-6-3-9(4-7-15)11-12-8-19-14-11/h8-9,13H,2-7H2,1H3. The number of carbonyl (C=O) groups excluding carboxylic acids is 1. The quantitative estimate of drug-likeness (QED) is 0.801. The number of likely N-dealkylation sites (tertiary alicyclic amines) is 1. The number of piperidine rings is 1. The Kier molecular flexibility index (Phi) is 4.71. The average Bonchev–Trinajstić information content (AvgIpc) is 2.91. The molecular weight excluding hydrogens is 284 g/mol. The molecule has 0 aromatic carbocycles. The summed E-state index contributed by atoms with van der Waals surface area (Å²) in [6.07, 6.45) is 4.16. The van der Waals surface area contributed by atoms with Crippen molar-refractivity contribution in [3.05, 3.63) is 12.2 Å². The summed E-state index contributed by atoms with van der Waals surface area (Å²) in [7, 11) is -3.24. The maximum Gasteiger partial charge on any atom is 0.223 e. The van der Waals surface area contributed by atoms with E-state index in [9.17, 15) is 13.2 Å². The highest BCUT2D eigenvalue weighted by Gasteiger charge is 2.25. The van der Waals surface area contributed by atoms with Gasteiger partial charge in [-0.3, -0.25) is 4.79 Å². The van der Waals surface area contributed by atoms with E-state index >= 15 is 0 Å². The summed E-state index contributed by atoms with van der Waals surface area (Å²) in [4.78, 5) is 17.7. The molecule has 2 rings (SSSR count). The Balaban J connectivity index is 1.74. The molecule has 1 saturated heterocycles. The molecule has 112 valence electrons. The van der Waals surface area contributed by atoms with E-state index in [0.717, 1.165) is 19.1 Å². The lowest BCUT2D eigenvalue weighted by atomic mass is 9.96. The second-order valence-corrected chi connectivity index (χ2v) is 6.69. The van der Waals surface area contributed by atoms with E-state index < -0.39 is 10.0 Å². The van der Waals surface area contributed by atoms with Gasteiger partial charge in [0, 0.05) is 32.0 Å². The molecule has 9 heteroatoms. The predicted molar refractivity (Wildman–Crippen MR) is 70.3 cm³/mol. The van der Waals surface area contributed by atoms with E-state index in [1.807, 2.05) is 0 Å². The lowest BCUT2D eigenvalue weighted by Gasteiger charge is -2.30. The lowest BCUT2D eigenvalue weighted by Crippen LogP contribution is -2.39. The summed E-state index contributed by atoms with van der Waals surface area (Å²) in [5.41, 5.74) is 0. The first-order valence-corrected chi connectivity index (χ1v) is 8.33. The molecule has 0 spiro atoms. The van der Waals surface area contributed by atoms with Crippen LogP contribution in [0.1, 0.15) is 31.0 Å². The van der Waals surface area contributed by atoms with Crippen LogP contribution in [0.25, 0.3) is 0 Å². The van der Waals surface area contributed by atoms with Crippen molar-refractivity contribution >= 4 is 15.9 Å². The third-order valence-electron chi connectivity index (χ3n) is 3.29. The molecule has 1 fully saturated rings. The Morgan fingerprint density at radius 3 is 2.75 bits per heavy atom. The number of hydrogen-bond donors (Lipinski definition) is 1. The third kappa shape index (κ3) is 4.27. The van der Waals surface area contributed by atoms with E-state index in [0.29, 0.717) is 18.9 Å². The third-order valence-corrected chi connectivity index (χ3v) is 4.02. The van der Waals surface area contributed by atoms with Crippen LogP contribution < -0.4 is 4.72 Å². The largest absolute Gasteiger partial charge is 0.343 e. The first kappa shape index (κ1) is 14.9. The first-order valence-electron chi connectivity index (χ1n) is 6.44. The Labute approximate surface area is 117 Å². The summed E-state index contributed by atoms with van der Waals surface area (Å²) in [5, 5.41) is 3.82. The maximum atomic E-state index is 11.9. The molecule has 8 nitrogen and oxygen atoms in total. The van der Waals surface area contributed by atoms with Gasteiger partial charge in [0.15, 0.2) is 5.82 Å². The van der Waals surface area contributed by atoms with Gasteiger partial charge in [0.25, 0.3) is 0 Å². The van der Waals surface area contributed by atoms with Gasteiger partial charge in [-0.05, 0) is 12.8 Å². The first-order chi connectivity index (χ1) is 9.46. The zero-order valence-electron chi connectivity index (χ0n) is 11.3. The van der Waals surface area contributed by atoms with Crippen molar-refractivity contribution in [2.75, 3.05) is 25.9 Å². The molecule has 1 amide bonds. The van der Waals surface area contributed by atoms with E-state index in [1.165, 1.54) is 6.39 Å². The molecule has 0 radical (unpaired) electrons. The fourth-order valence-corrected chi connectivity index (χ4v) is 2.72. The number of carbonyl (C=O) groups is 1. The van der Waals surface area contributed by atoms with Crippen molar-refractivity contribution < 1.29 is 17.7 Å². The van der Waals surface area contributed by atoms with E-state index in [2.05, 4.69) is 14.9 Å². The van der Waals surface area contributed by atoms with Gasteiger partial charge in [-0.1, -0.05) is 5.16 Å². The van der Waals surface area contributed by atoms with Crippen LogP contribution in [0, 0.1) is 0 Å². The van der Waals surface area contributed by atoms with Crippen molar-refractivity contribution in [2.24, 2.45) is 0 Å². The highest BCUT2D eigenvalue weighted by molar-refractivity contribution is 7.88. The van der Waals surface area contributed by atoms with Gasteiger partial charge in [-0.15, -0.1) is 0 Å². The topological polar surface area (TPSA) is 105 Å². The molecule has 0 aliphatic carbocycles. The van der Waals surface area contributed by atoms with Gasteiger partial charge in [0.05, 0.1) is 6.26 Å². The number of nitrogens with zero attached hydrogens (tertiary/aromatic N) is 3. The molecule has 1 aromatic rings. The smallest absolute Gasteiger partial charge is 0.223 e. The van der Waals surface area contributed by atoms with Crippen molar-refractivity contribution in [2.45, 2.75) is 25.2 Å². The zero-order chi connectivity index (χ0) is 14.6. The molecule has 1 N–H and O–H groups in total. The van der Waals surface area contributed by atoms with Gasteiger partial charge in [0.1, 0.15) is 0 Å². The number of rotatable bonds is 5. The fraction of sp³-hybridized carbons (Fsp3) is 0.727. The highest BCUT2D eigenvalue weighted by atomic mass is 32.2. The summed E-state index contributed by atoms with van der Waals surface area (Å²) >= 11 is 0. The van der Waals surface area contributed by atoms with Crippen molar-refractivity contribution in [3.63, 3.8) is 0 Å². The summed E-state index contributed by atoms with van der Waals surface area (Å²) in [6.45, 7) is 1.41. The van der Waals surface area contributed by atoms with Gasteiger partial charge in [-0.25, -0.2) is 13.1 Å². The Bertz CT molecular complexity index is 535. The minimum absolute atomic E-state index is 0.0345. The van der Waals surface area contributed by atoms with Crippen molar-refractivity contribution in [1.82, 2.24) is 19.8 Å². The molecule has 2 heterocycles. The van der Waals surface area contributed by atoms with E-state index in [4.69, 9.17) is 4.52 Å². The van der Waals surface area contributed by atoms with Crippen LogP contribution in [0.15, 0.2) is 10.9 Å². The minimum atomic E-state index is -3.24. The molecule has 1 aliphatic rings. The molecule has 0 bridgehead atoms. The van der Waals surface area contributed by atoms with E-state index in [-0.39, 0.29) is 24.8 Å². The molecule has 0 atom stereocenters. The van der Waals surface area contributed by atoms with Gasteiger partial charge in [0.2, 0.25) is 22.3 Å². The van der Waals surface area contributed by atoms with Crippen LogP contribution in [-0.2, 0) is 14.8 Å². The van der Waals surface area contributed by atoms with Crippen LogP contribution in [0.3, 0.4) is 0 Å². The summed E-state index contributed by atoms with van der Waals surface area (Å²) in [5.74, 6) is 0.885. The monoisotopic (exact) mass is 302 g/mol. The lowest BCUT2D eigenvalue weighted by molar-refractivity contribution is -0.132. The Hall–Kier alpha value is -1.48. The normalized spacial score (nSPS) is 17.4. The number of nitrogens with one attached hydrogen (secondary N) is 1. The SMILES string of the molecule is CS(=O)(=O)NCCC(=O)N1CCC(c2ncon2)CC1. The van der Waals surface area contributed by atoms with E-state index in [1.54, 1.807) is 4.90 Å². The molecule has 1 aromatic heterocycles. The van der Waals surface area contributed by atoms with Crippen LogP contribution in [0.2, 0.25) is 0 Å². The average molecular weight is 302 g/mol. The second kappa shape index (κ2) is 6.31. The zero-order valence-corrected chi connectivity index (χ0v) is 12.1. The highest BCUT2D eigenvalue weighted by Crippen LogP contribution is 2.25. The van der Waals surface area contributed by atoms with Crippen molar-refractivity contribution in [3.8, 4) is 0 Å². The summed E-state index contributed by atoms with van der Waals surface area (Å²) < 4.78 is 28.8. The number of sulfonamides is 1. The molecule has 0 saturated carbocycles. The van der Waals surface area contributed by atoms with Crippen LogP contribution in [-0.4, -0.2) is 55.3 Å². The Morgan fingerprint density at radius 1 is 1.50 bits per heavy atom. The molecule has 1 aliphatic heterocycles. The van der Waals surface area contributed by atoms with Gasteiger partial charge in [-0.2, -0.15) is 4.98 Å². The fourth-order valence-electron chi connectivity index (χ4n) is 2.25. The van der Waals surface area contributed by atoms with Gasteiger partial charge < -0.3 is 9.42 Å².